The normalized spacial score (nSPS) is 11.3. The number of carbonyl (C=O) groups is 1. The molecule has 0 aliphatic heterocycles. The molecule has 2 aromatic carbocycles. The van der Waals surface area contributed by atoms with Crippen LogP contribution < -0.4 is 14.8 Å². The first-order valence-electron chi connectivity index (χ1n) is 7.98. The minimum atomic E-state index is -3.87. The summed E-state index contributed by atoms with van der Waals surface area (Å²) in [4.78, 5) is 12.1. The first-order chi connectivity index (χ1) is 12.8. The van der Waals surface area contributed by atoms with E-state index in [1.165, 1.54) is 39.5 Å². The Labute approximate surface area is 163 Å². The second kappa shape index (κ2) is 9.07. The number of rotatable bonds is 8. The molecule has 1 N–H and O–H groups in total. The van der Waals surface area contributed by atoms with Crippen molar-refractivity contribution in [3.05, 3.63) is 53.1 Å². The number of hydrogen-bond donors (Lipinski definition) is 1. The number of nitrogens with zero attached hydrogens (tertiary/aromatic N) is 1. The molecule has 2 aromatic rings. The van der Waals surface area contributed by atoms with Gasteiger partial charge in [0.25, 0.3) is 0 Å². The summed E-state index contributed by atoms with van der Waals surface area (Å²) in [5.74, 6) is 0.258. The van der Waals surface area contributed by atoms with Gasteiger partial charge in [-0.15, -0.1) is 0 Å². The maximum Gasteiger partial charge on any atom is 0.243 e. The second-order valence-corrected chi connectivity index (χ2v) is 8.10. The summed E-state index contributed by atoms with van der Waals surface area (Å²) in [5, 5.41) is 3.19. The van der Waals surface area contributed by atoms with Gasteiger partial charge in [0.2, 0.25) is 15.9 Å². The third kappa shape index (κ3) is 5.12. The number of amides is 1. The zero-order valence-electron chi connectivity index (χ0n) is 15.2. The highest BCUT2D eigenvalue weighted by Crippen LogP contribution is 2.30. The molecule has 2 rings (SSSR count). The van der Waals surface area contributed by atoms with E-state index in [0.29, 0.717) is 10.8 Å². The third-order valence-electron chi connectivity index (χ3n) is 3.86. The van der Waals surface area contributed by atoms with Crippen molar-refractivity contribution in [1.29, 1.82) is 0 Å². The first kappa shape index (κ1) is 21.0. The van der Waals surface area contributed by atoms with Crippen molar-refractivity contribution in [3.63, 3.8) is 0 Å². The van der Waals surface area contributed by atoms with Crippen LogP contribution in [0.25, 0.3) is 0 Å². The van der Waals surface area contributed by atoms with Gasteiger partial charge in [0.05, 0.1) is 25.7 Å². The predicted octanol–water partition coefficient (Wildman–Crippen LogP) is 2.29. The van der Waals surface area contributed by atoms with E-state index in [9.17, 15) is 13.2 Å². The average Bonchev–Trinajstić information content (AvgIpc) is 2.66. The molecule has 146 valence electrons. The van der Waals surface area contributed by atoms with Crippen LogP contribution in [0.15, 0.2) is 47.4 Å². The molecule has 0 aliphatic rings. The highest BCUT2D eigenvalue weighted by molar-refractivity contribution is 7.89. The van der Waals surface area contributed by atoms with Gasteiger partial charge in [-0.05, 0) is 23.8 Å². The van der Waals surface area contributed by atoms with Crippen LogP contribution in [-0.4, -0.2) is 46.4 Å². The van der Waals surface area contributed by atoms with Gasteiger partial charge in [-0.1, -0.05) is 29.8 Å². The largest absolute Gasteiger partial charge is 0.493 e. The van der Waals surface area contributed by atoms with Crippen LogP contribution in [0.2, 0.25) is 5.02 Å². The predicted molar refractivity (Wildman–Crippen MR) is 103 cm³/mol. The van der Waals surface area contributed by atoms with Gasteiger partial charge in [0.1, 0.15) is 0 Å². The van der Waals surface area contributed by atoms with Crippen LogP contribution in [-0.2, 0) is 21.4 Å². The maximum atomic E-state index is 12.7. The Hall–Kier alpha value is -2.29. The fourth-order valence-corrected chi connectivity index (χ4v) is 3.68. The van der Waals surface area contributed by atoms with E-state index in [2.05, 4.69) is 5.32 Å². The lowest BCUT2D eigenvalue weighted by Crippen LogP contribution is -2.38. The minimum absolute atomic E-state index is 0.00144. The lowest BCUT2D eigenvalue weighted by molar-refractivity contribution is -0.121. The number of benzene rings is 2. The van der Waals surface area contributed by atoms with Crippen molar-refractivity contribution in [2.45, 2.75) is 11.4 Å². The summed E-state index contributed by atoms with van der Waals surface area (Å²) in [6.07, 6.45) is 0. The lowest BCUT2D eigenvalue weighted by Gasteiger charge is -2.18. The fourth-order valence-electron chi connectivity index (χ4n) is 2.34. The minimum Gasteiger partial charge on any atom is -0.493 e. The Morgan fingerprint density at radius 1 is 1.11 bits per heavy atom. The van der Waals surface area contributed by atoms with E-state index >= 15 is 0 Å². The Morgan fingerprint density at radius 2 is 1.78 bits per heavy atom. The van der Waals surface area contributed by atoms with Gasteiger partial charge in [0, 0.05) is 24.7 Å². The highest BCUT2D eigenvalue weighted by Gasteiger charge is 2.24. The number of ether oxygens (including phenoxy) is 2. The summed E-state index contributed by atoms with van der Waals surface area (Å²) in [5.41, 5.74) is 0.748. The molecule has 0 saturated heterocycles. The van der Waals surface area contributed by atoms with Crippen molar-refractivity contribution in [2.24, 2.45) is 0 Å². The molecule has 0 aromatic heterocycles. The maximum absolute atomic E-state index is 12.7. The van der Waals surface area contributed by atoms with E-state index in [0.717, 1.165) is 9.87 Å². The zero-order chi connectivity index (χ0) is 20.0. The van der Waals surface area contributed by atoms with Crippen molar-refractivity contribution in [2.75, 3.05) is 27.8 Å². The summed E-state index contributed by atoms with van der Waals surface area (Å²) >= 11 is 6.04. The molecule has 0 radical (unpaired) electrons. The lowest BCUT2D eigenvalue weighted by atomic mass is 10.2. The molecular formula is C18H21ClN2O5S. The first-order valence-corrected chi connectivity index (χ1v) is 9.80. The Balaban J connectivity index is 2.06. The molecule has 0 heterocycles. The molecule has 0 spiro atoms. The monoisotopic (exact) mass is 412 g/mol. The molecule has 0 atom stereocenters. The number of sulfonamides is 1. The van der Waals surface area contributed by atoms with Gasteiger partial charge in [-0.2, -0.15) is 4.31 Å². The number of methoxy groups -OCH3 is 2. The van der Waals surface area contributed by atoms with Crippen molar-refractivity contribution in [3.8, 4) is 11.5 Å². The number of halogens is 1. The smallest absolute Gasteiger partial charge is 0.243 e. The summed E-state index contributed by atoms with van der Waals surface area (Å²) in [6, 6.07) is 11.3. The standard InChI is InChI=1S/C18H21ClN2O5S/c1-21(12-18(22)20-11-13-6-4-5-7-15(13)19)27(23,24)14-8-9-16(25-2)17(10-14)26-3/h4-10H,11-12H2,1-3H3,(H,20,22). The van der Waals surface area contributed by atoms with E-state index in [-0.39, 0.29) is 23.7 Å². The quantitative estimate of drug-likeness (QED) is 0.719. The average molecular weight is 413 g/mol. The zero-order valence-corrected chi connectivity index (χ0v) is 16.8. The Bertz CT molecular complexity index is 918. The Morgan fingerprint density at radius 3 is 2.41 bits per heavy atom. The molecule has 9 heteroatoms. The Kier molecular flexibility index (Phi) is 7.06. The number of nitrogens with one attached hydrogen (secondary N) is 1. The van der Waals surface area contributed by atoms with Gasteiger partial charge in [0.15, 0.2) is 11.5 Å². The molecule has 27 heavy (non-hydrogen) atoms. The number of hydrogen-bond acceptors (Lipinski definition) is 5. The van der Waals surface area contributed by atoms with E-state index in [4.69, 9.17) is 21.1 Å². The SMILES string of the molecule is COc1ccc(S(=O)(=O)N(C)CC(=O)NCc2ccccc2Cl)cc1OC. The molecule has 0 bridgehead atoms. The van der Waals surface area contributed by atoms with Crippen molar-refractivity contribution < 1.29 is 22.7 Å². The van der Waals surface area contributed by atoms with Gasteiger partial charge < -0.3 is 14.8 Å². The van der Waals surface area contributed by atoms with Crippen LogP contribution >= 0.6 is 11.6 Å². The van der Waals surface area contributed by atoms with Gasteiger partial charge in [-0.25, -0.2) is 8.42 Å². The van der Waals surface area contributed by atoms with Crippen LogP contribution in [0.4, 0.5) is 0 Å². The number of carbonyl (C=O) groups excluding carboxylic acids is 1. The molecule has 0 unspecified atom stereocenters. The van der Waals surface area contributed by atoms with Gasteiger partial charge >= 0.3 is 0 Å². The molecule has 7 nitrogen and oxygen atoms in total. The molecule has 0 aliphatic carbocycles. The molecular weight excluding hydrogens is 392 g/mol. The van der Waals surface area contributed by atoms with Crippen LogP contribution in [0.5, 0.6) is 11.5 Å². The molecule has 0 fully saturated rings. The summed E-state index contributed by atoms with van der Waals surface area (Å²) in [6.45, 7) is -0.121. The van der Waals surface area contributed by atoms with Crippen molar-refractivity contribution >= 4 is 27.5 Å². The highest BCUT2D eigenvalue weighted by atomic mass is 35.5. The topological polar surface area (TPSA) is 84.9 Å². The fraction of sp³-hybridized carbons (Fsp3) is 0.278. The summed E-state index contributed by atoms with van der Waals surface area (Å²) in [7, 11) is 0.339. The van der Waals surface area contributed by atoms with Crippen LogP contribution in [0.1, 0.15) is 5.56 Å². The van der Waals surface area contributed by atoms with E-state index in [1.54, 1.807) is 24.3 Å². The van der Waals surface area contributed by atoms with Crippen molar-refractivity contribution in [1.82, 2.24) is 9.62 Å². The summed E-state index contributed by atoms with van der Waals surface area (Å²) < 4.78 is 36.6. The molecule has 1 amide bonds. The van der Waals surface area contributed by atoms with E-state index in [1.807, 2.05) is 0 Å². The van der Waals surface area contributed by atoms with Crippen LogP contribution in [0.3, 0.4) is 0 Å². The molecule has 0 saturated carbocycles. The second-order valence-electron chi connectivity index (χ2n) is 5.65. The number of likely N-dealkylation sites (N-methyl/N-ethyl adjacent to an activating group) is 1. The van der Waals surface area contributed by atoms with E-state index < -0.39 is 15.9 Å². The van der Waals surface area contributed by atoms with Gasteiger partial charge in [-0.3, -0.25) is 4.79 Å². The third-order valence-corrected chi connectivity index (χ3v) is 6.03. The van der Waals surface area contributed by atoms with Crippen LogP contribution in [0, 0.1) is 0 Å².